The maximum atomic E-state index is 12.9. The van der Waals surface area contributed by atoms with Crippen molar-refractivity contribution in [3.8, 4) is 0 Å². The Kier molecular flexibility index (Phi) is 2.91. The molecule has 4 nitrogen and oxygen atoms in total. The zero-order chi connectivity index (χ0) is 13.7. The van der Waals surface area contributed by atoms with Gasteiger partial charge in [0.25, 0.3) is 0 Å². The molecule has 5 heteroatoms. The fourth-order valence-corrected chi connectivity index (χ4v) is 4.74. The summed E-state index contributed by atoms with van der Waals surface area (Å²) in [7, 11) is -3.31. The van der Waals surface area contributed by atoms with Crippen molar-refractivity contribution >= 4 is 10.0 Å². The first-order valence-corrected chi connectivity index (χ1v) is 8.93. The van der Waals surface area contributed by atoms with E-state index >= 15 is 0 Å². The molecule has 2 aliphatic carbocycles. The van der Waals surface area contributed by atoms with Crippen molar-refractivity contribution in [3.05, 3.63) is 29.3 Å². The maximum Gasteiger partial charge on any atom is 0.243 e. The van der Waals surface area contributed by atoms with Gasteiger partial charge in [-0.1, -0.05) is 6.07 Å². The third-order valence-corrected chi connectivity index (χ3v) is 6.42. The molecule has 3 aliphatic rings. The summed E-state index contributed by atoms with van der Waals surface area (Å²) >= 11 is 0. The van der Waals surface area contributed by atoms with Gasteiger partial charge in [0.2, 0.25) is 10.0 Å². The molecule has 1 aromatic rings. The van der Waals surface area contributed by atoms with Crippen LogP contribution in [0.1, 0.15) is 36.8 Å². The summed E-state index contributed by atoms with van der Waals surface area (Å²) in [4.78, 5) is 0.479. The lowest BCUT2D eigenvalue weighted by molar-refractivity contribution is 0.388. The van der Waals surface area contributed by atoms with Crippen LogP contribution < -0.4 is 5.32 Å². The summed E-state index contributed by atoms with van der Waals surface area (Å²) in [6.45, 7) is 2.36. The number of fused-ring (bicyclic) bond motifs is 1. The molecule has 0 atom stereocenters. The van der Waals surface area contributed by atoms with Gasteiger partial charge in [0.15, 0.2) is 0 Å². The molecule has 0 saturated heterocycles. The number of hydrogen-bond acceptors (Lipinski definition) is 3. The van der Waals surface area contributed by atoms with E-state index in [2.05, 4.69) is 5.32 Å². The number of rotatable bonds is 5. The molecule has 1 heterocycles. The monoisotopic (exact) mass is 292 g/mol. The lowest BCUT2D eigenvalue weighted by Gasteiger charge is -2.22. The quantitative estimate of drug-likeness (QED) is 0.901. The van der Waals surface area contributed by atoms with Crippen molar-refractivity contribution in [1.29, 1.82) is 0 Å². The lowest BCUT2D eigenvalue weighted by Crippen LogP contribution is -2.35. The van der Waals surface area contributed by atoms with E-state index in [0.717, 1.165) is 38.0 Å². The van der Waals surface area contributed by atoms with Crippen molar-refractivity contribution in [1.82, 2.24) is 9.62 Å². The zero-order valence-electron chi connectivity index (χ0n) is 11.5. The Morgan fingerprint density at radius 3 is 2.55 bits per heavy atom. The second kappa shape index (κ2) is 4.55. The highest BCUT2D eigenvalue weighted by Crippen LogP contribution is 2.38. The molecule has 0 unspecified atom stereocenters. The van der Waals surface area contributed by atoms with Crippen LogP contribution in [0.15, 0.2) is 23.1 Å². The van der Waals surface area contributed by atoms with Crippen LogP contribution in [0.4, 0.5) is 0 Å². The van der Waals surface area contributed by atoms with Gasteiger partial charge in [0.05, 0.1) is 4.90 Å². The number of hydrogen-bond donors (Lipinski definition) is 1. The van der Waals surface area contributed by atoms with Gasteiger partial charge in [0.1, 0.15) is 0 Å². The van der Waals surface area contributed by atoms with Gasteiger partial charge < -0.3 is 5.32 Å². The summed E-state index contributed by atoms with van der Waals surface area (Å²) in [5.74, 6) is 0.599. The SMILES string of the molecule is O=S(=O)(c1ccc2c(c1)CNC2)N(CC1CC1)C1CC1. The minimum absolute atomic E-state index is 0.256. The first-order valence-electron chi connectivity index (χ1n) is 7.49. The molecular formula is C15H20N2O2S. The summed E-state index contributed by atoms with van der Waals surface area (Å²) in [6, 6.07) is 5.87. The minimum atomic E-state index is -3.31. The standard InChI is InChI=1S/C15H20N2O2S/c18-20(19,17(14-4-5-14)10-11-1-2-11)15-6-3-12-8-16-9-13(12)7-15/h3,6-7,11,14,16H,1-2,4-5,8-10H2. The van der Waals surface area contributed by atoms with Crippen molar-refractivity contribution in [2.75, 3.05) is 6.54 Å². The first kappa shape index (κ1) is 12.8. The lowest BCUT2D eigenvalue weighted by atomic mass is 10.1. The molecule has 1 N–H and O–H groups in total. The predicted molar refractivity (Wildman–Crippen MR) is 76.6 cm³/mol. The van der Waals surface area contributed by atoms with Gasteiger partial charge >= 0.3 is 0 Å². The summed E-state index contributed by atoms with van der Waals surface area (Å²) in [6.07, 6.45) is 4.43. The smallest absolute Gasteiger partial charge is 0.243 e. The van der Waals surface area contributed by atoms with Crippen LogP contribution in [-0.2, 0) is 23.1 Å². The third-order valence-electron chi connectivity index (χ3n) is 4.50. The third kappa shape index (κ3) is 2.28. The molecule has 4 rings (SSSR count). The second-order valence-corrected chi connectivity index (χ2v) is 8.17. The molecule has 2 fully saturated rings. The van der Waals surface area contributed by atoms with E-state index < -0.39 is 10.0 Å². The highest BCUT2D eigenvalue weighted by molar-refractivity contribution is 7.89. The van der Waals surface area contributed by atoms with E-state index in [1.54, 1.807) is 10.4 Å². The van der Waals surface area contributed by atoms with E-state index in [0.29, 0.717) is 10.8 Å². The van der Waals surface area contributed by atoms with E-state index in [1.165, 1.54) is 18.4 Å². The Morgan fingerprint density at radius 2 is 1.85 bits per heavy atom. The highest BCUT2D eigenvalue weighted by Gasteiger charge is 2.41. The van der Waals surface area contributed by atoms with Crippen molar-refractivity contribution < 1.29 is 8.42 Å². The average molecular weight is 292 g/mol. The van der Waals surface area contributed by atoms with Gasteiger partial charge in [-0.15, -0.1) is 0 Å². The van der Waals surface area contributed by atoms with Gasteiger partial charge in [0, 0.05) is 25.7 Å². The van der Waals surface area contributed by atoms with Crippen LogP contribution in [-0.4, -0.2) is 25.3 Å². The van der Waals surface area contributed by atoms with Crippen LogP contribution in [0.5, 0.6) is 0 Å². The van der Waals surface area contributed by atoms with Crippen LogP contribution in [0, 0.1) is 5.92 Å². The molecule has 0 aromatic heterocycles. The van der Waals surface area contributed by atoms with Gasteiger partial charge in [-0.3, -0.25) is 0 Å². The van der Waals surface area contributed by atoms with Crippen molar-refractivity contribution in [2.45, 2.75) is 49.7 Å². The van der Waals surface area contributed by atoms with Crippen LogP contribution in [0.3, 0.4) is 0 Å². The van der Waals surface area contributed by atoms with Gasteiger partial charge in [-0.25, -0.2) is 8.42 Å². The topological polar surface area (TPSA) is 49.4 Å². The first-order chi connectivity index (χ1) is 9.64. The molecule has 20 heavy (non-hydrogen) atoms. The molecule has 0 bridgehead atoms. The summed E-state index contributed by atoms with van der Waals surface area (Å²) < 4.78 is 27.5. The average Bonchev–Trinajstić information content (AvgIpc) is 3.33. The summed E-state index contributed by atoms with van der Waals surface area (Å²) in [5.41, 5.74) is 2.36. The van der Waals surface area contributed by atoms with Crippen LogP contribution >= 0.6 is 0 Å². The van der Waals surface area contributed by atoms with Crippen molar-refractivity contribution in [3.63, 3.8) is 0 Å². The Hall–Kier alpha value is -0.910. The molecule has 0 amide bonds. The van der Waals surface area contributed by atoms with E-state index in [1.807, 2.05) is 12.1 Å². The molecule has 108 valence electrons. The zero-order valence-corrected chi connectivity index (χ0v) is 12.3. The summed E-state index contributed by atoms with van der Waals surface area (Å²) in [5, 5.41) is 3.26. The van der Waals surface area contributed by atoms with E-state index in [-0.39, 0.29) is 6.04 Å². The Bertz CT molecular complexity index is 633. The predicted octanol–water partition coefficient (Wildman–Crippen LogP) is 1.85. The Morgan fingerprint density at radius 1 is 1.10 bits per heavy atom. The number of benzene rings is 1. The van der Waals surface area contributed by atoms with E-state index in [4.69, 9.17) is 0 Å². The number of sulfonamides is 1. The molecule has 1 aliphatic heterocycles. The largest absolute Gasteiger partial charge is 0.309 e. The van der Waals surface area contributed by atoms with Crippen molar-refractivity contribution in [2.24, 2.45) is 5.92 Å². The Balaban J connectivity index is 1.67. The minimum Gasteiger partial charge on any atom is -0.309 e. The fraction of sp³-hybridized carbons (Fsp3) is 0.600. The van der Waals surface area contributed by atoms with Gasteiger partial charge in [-0.05, 0) is 54.9 Å². The molecule has 0 spiro atoms. The maximum absolute atomic E-state index is 12.9. The molecule has 0 radical (unpaired) electrons. The second-order valence-electron chi connectivity index (χ2n) is 6.28. The van der Waals surface area contributed by atoms with E-state index in [9.17, 15) is 8.42 Å². The fourth-order valence-electron chi connectivity index (χ4n) is 2.93. The highest BCUT2D eigenvalue weighted by atomic mass is 32.2. The van der Waals surface area contributed by atoms with Gasteiger partial charge in [-0.2, -0.15) is 4.31 Å². The molecular weight excluding hydrogens is 272 g/mol. The molecule has 2 saturated carbocycles. The normalized spacial score (nSPS) is 22.2. The van der Waals surface area contributed by atoms with Crippen LogP contribution in [0.2, 0.25) is 0 Å². The Labute approximate surface area is 120 Å². The number of nitrogens with one attached hydrogen (secondary N) is 1. The number of nitrogens with zero attached hydrogens (tertiary/aromatic N) is 1. The van der Waals surface area contributed by atoms with Crippen LogP contribution in [0.25, 0.3) is 0 Å². The molecule has 1 aromatic carbocycles.